The molecule has 1 heteroatoms. The van der Waals surface area contributed by atoms with Crippen LogP contribution in [0, 0.1) is 0 Å². The van der Waals surface area contributed by atoms with Gasteiger partial charge in [0.25, 0.3) is 0 Å². The maximum absolute atomic E-state index is 6.00. The fraction of sp³-hybridized carbons (Fsp3) is 0.333. The van der Waals surface area contributed by atoms with Crippen molar-refractivity contribution in [2.75, 3.05) is 0 Å². The number of rotatable bonds is 3. The van der Waals surface area contributed by atoms with E-state index in [0.29, 0.717) is 11.8 Å². The molecule has 0 atom stereocenters. The van der Waals surface area contributed by atoms with Crippen molar-refractivity contribution in [3.8, 4) is 11.1 Å². The van der Waals surface area contributed by atoms with Gasteiger partial charge in [0.1, 0.15) is 0 Å². The zero-order valence-electron chi connectivity index (χ0n) is 12.1. The Kier molecular flexibility index (Phi) is 4.31. The van der Waals surface area contributed by atoms with Crippen LogP contribution in [-0.2, 0) is 0 Å². The lowest BCUT2D eigenvalue weighted by molar-refractivity contribution is 0.838. The van der Waals surface area contributed by atoms with E-state index in [9.17, 15) is 0 Å². The van der Waals surface area contributed by atoms with Gasteiger partial charge in [-0.2, -0.15) is 0 Å². The van der Waals surface area contributed by atoms with E-state index < -0.39 is 0 Å². The van der Waals surface area contributed by atoms with Crippen LogP contribution in [0.1, 0.15) is 50.7 Å². The average molecular weight is 273 g/mol. The topological polar surface area (TPSA) is 0 Å². The summed E-state index contributed by atoms with van der Waals surface area (Å²) in [4.78, 5) is 0. The number of benzene rings is 2. The van der Waals surface area contributed by atoms with Crippen LogP contribution in [0.25, 0.3) is 11.1 Å². The monoisotopic (exact) mass is 272 g/mol. The van der Waals surface area contributed by atoms with Crippen LogP contribution in [0.5, 0.6) is 0 Å². The van der Waals surface area contributed by atoms with Gasteiger partial charge in [0.2, 0.25) is 0 Å². The van der Waals surface area contributed by atoms with Gasteiger partial charge in [-0.1, -0.05) is 69.6 Å². The van der Waals surface area contributed by atoms with Gasteiger partial charge in [0, 0.05) is 5.02 Å². The minimum atomic E-state index is 0.518. The molecule has 0 spiro atoms. The van der Waals surface area contributed by atoms with Gasteiger partial charge < -0.3 is 0 Å². The summed E-state index contributed by atoms with van der Waals surface area (Å²) in [7, 11) is 0. The van der Waals surface area contributed by atoms with Crippen LogP contribution in [-0.4, -0.2) is 0 Å². The third kappa shape index (κ3) is 3.01. The Morgan fingerprint density at radius 1 is 0.737 bits per heavy atom. The number of hydrogen-bond acceptors (Lipinski definition) is 0. The second kappa shape index (κ2) is 5.79. The normalized spacial score (nSPS) is 11.3. The Bertz CT molecular complexity index is 524. The summed E-state index contributed by atoms with van der Waals surface area (Å²) >= 11 is 6.00. The molecule has 0 saturated carbocycles. The molecule has 100 valence electrons. The number of hydrogen-bond donors (Lipinski definition) is 0. The quantitative estimate of drug-likeness (QED) is 0.619. The summed E-state index contributed by atoms with van der Waals surface area (Å²) in [5.74, 6) is 1.04. The molecule has 0 fully saturated rings. The van der Waals surface area contributed by atoms with Crippen molar-refractivity contribution in [3.05, 3.63) is 58.6 Å². The van der Waals surface area contributed by atoms with Crippen molar-refractivity contribution in [2.45, 2.75) is 39.5 Å². The molecule has 0 saturated heterocycles. The molecule has 0 radical (unpaired) electrons. The van der Waals surface area contributed by atoms with Crippen LogP contribution in [0.3, 0.4) is 0 Å². The first-order chi connectivity index (χ1) is 9.00. The van der Waals surface area contributed by atoms with E-state index in [1.807, 2.05) is 12.1 Å². The molecular formula is C18H21Cl. The van der Waals surface area contributed by atoms with Gasteiger partial charge in [-0.25, -0.2) is 0 Å². The van der Waals surface area contributed by atoms with Crippen molar-refractivity contribution in [3.63, 3.8) is 0 Å². The molecule has 0 aliphatic heterocycles. The standard InChI is InChI=1S/C18H21Cl/c1-12(2)16-6-5-7-17(13(3)4)18(16)14-8-10-15(19)11-9-14/h5-13H,1-4H3. The maximum Gasteiger partial charge on any atom is 0.0406 e. The molecule has 0 aromatic heterocycles. The maximum atomic E-state index is 6.00. The first-order valence-electron chi connectivity index (χ1n) is 6.89. The Morgan fingerprint density at radius 3 is 1.63 bits per heavy atom. The van der Waals surface area contributed by atoms with E-state index in [4.69, 9.17) is 11.6 Å². The smallest absolute Gasteiger partial charge is 0.0406 e. The second-order valence-electron chi connectivity index (χ2n) is 5.63. The minimum absolute atomic E-state index is 0.518. The van der Waals surface area contributed by atoms with Crippen molar-refractivity contribution >= 4 is 11.6 Å². The summed E-state index contributed by atoms with van der Waals surface area (Å²) in [6, 6.07) is 14.8. The predicted octanol–water partition coefficient (Wildman–Crippen LogP) is 6.25. The van der Waals surface area contributed by atoms with Crippen LogP contribution >= 0.6 is 11.6 Å². The molecule has 0 bridgehead atoms. The molecule has 2 aromatic rings. The molecular weight excluding hydrogens is 252 g/mol. The third-order valence-corrected chi connectivity index (χ3v) is 3.76. The molecule has 2 aromatic carbocycles. The summed E-state index contributed by atoms with van der Waals surface area (Å²) in [5.41, 5.74) is 5.46. The minimum Gasteiger partial charge on any atom is -0.0843 e. The van der Waals surface area contributed by atoms with E-state index in [0.717, 1.165) is 5.02 Å². The van der Waals surface area contributed by atoms with Crippen LogP contribution in [0.4, 0.5) is 0 Å². The molecule has 0 aliphatic carbocycles. The molecule has 0 nitrogen and oxygen atoms in total. The lowest BCUT2D eigenvalue weighted by atomic mass is 9.85. The first-order valence-corrected chi connectivity index (χ1v) is 7.27. The highest BCUT2D eigenvalue weighted by molar-refractivity contribution is 6.30. The average Bonchev–Trinajstić information content (AvgIpc) is 2.38. The van der Waals surface area contributed by atoms with Crippen molar-refractivity contribution in [2.24, 2.45) is 0 Å². The van der Waals surface area contributed by atoms with Gasteiger partial charge in [-0.15, -0.1) is 0 Å². The summed E-state index contributed by atoms with van der Waals surface area (Å²) in [6.45, 7) is 9.00. The summed E-state index contributed by atoms with van der Waals surface area (Å²) in [5, 5.41) is 0.789. The summed E-state index contributed by atoms with van der Waals surface area (Å²) < 4.78 is 0. The van der Waals surface area contributed by atoms with Gasteiger partial charge >= 0.3 is 0 Å². The van der Waals surface area contributed by atoms with Gasteiger partial charge in [0.05, 0.1) is 0 Å². The predicted molar refractivity (Wildman–Crippen MR) is 85.1 cm³/mol. The molecule has 2 rings (SSSR count). The van der Waals surface area contributed by atoms with E-state index in [1.165, 1.54) is 22.3 Å². The molecule has 0 unspecified atom stereocenters. The van der Waals surface area contributed by atoms with Crippen molar-refractivity contribution in [1.82, 2.24) is 0 Å². The molecule has 19 heavy (non-hydrogen) atoms. The van der Waals surface area contributed by atoms with Crippen LogP contribution < -0.4 is 0 Å². The second-order valence-corrected chi connectivity index (χ2v) is 6.06. The zero-order valence-corrected chi connectivity index (χ0v) is 12.8. The largest absolute Gasteiger partial charge is 0.0843 e. The van der Waals surface area contributed by atoms with Crippen molar-refractivity contribution < 1.29 is 0 Å². The van der Waals surface area contributed by atoms with Crippen LogP contribution in [0.2, 0.25) is 5.02 Å². The van der Waals surface area contributed by atoms with Crippen molar-refractivity contribution in [1.29, 1.82) is 0 Å². The van der Waals surface area contributed by atoms with E-state index in [1.54, 1.807) is 0 Å². The van der Waals surface area contributed by atoms with Crippen LogP contribution in [0.15, 0.2) is 42.5 Å². The Balaban J connectivity index is 2.67. The van der Waals surface area contributed by atoms with Gasteiger partial charge in [-0.05, 0) is 46.2 Å². The lowest BCUT2D eigenvalue weighted by Gasteiger charge is -2.20. The molecule has 0 amide bonds. The first kappa shape index (κ1) is 14.1. The molecule has 0 heterocycles. The van der Waals surface area contributed by atoms with E-state index in [2.05, 4.69) is 58.0 Å². The summed E-state index contributed by atoms with van der Waals surface area (Å²) in [6.07, 6.45) is 0. The zero-order chi connectivity index (χ0) is 14.0. The third-order valence-electron chi connectivity index (χ3n) is 3.51. The SMILES string of the molecule is CC(C)c1cccc(C(C)C)c1-c1ccc(Cl)cc1. The highest BCUT2D eigenvalue weighted by Crippen LogP contribution is 2.36. The van der Waals surface area contributed by atoms with E-state index >= 15 is 0 Å². The Hall–Kier alpha value is -1.27. The highest BCUT2D eigenvalue weighted by atomic mass is 35.5. The lowest BCUT2D eigenvalue weighted by Crippen LogP contribution is -1.99. The molecule has 0 N–H and O–H groups in total. The molecule has 0 aliphatic rings. The van der Waals surface area contributed by atoms with E-state index in [-0.39, 0.29) is 0 Å². The fourth-order valence-corrected chi connectivity index (χ4v) is 2.63. The van der Waals surface area contributed by atoms with Gasteiger partial charge in [-0.3, -0.25) is 0 Å². The van der Waals surface area contributed by atoms with Gasteiger partial charge in [0.15, 0.2) is 0 Å². The fourth-order valence-electron chi connectivity index (χ4n) is 2.50. The Morgan fingerprint density at radius 2 is 1.21 bits per heavy atom. The number of halogens is 1. The highest BCUT2D eigenvalue weighted by Gasteiger charge is 2.14. The Labute approximate surface area is 121 Å².